The molecule has 2 aromatic heterocycles. The fourth-order valence-corrected chi connectivity index (χ4v) is 4.30. The van der Waals surface area contributed by atoms with Crippen molar-refractivity contribution in [2.45, 2.75) is 56.4 Å². The summed E-state index contributed by atoms with van der Waals surface area (Å²) in [6.07, 6.45) is 3.83. The van der Waals surface area contributed by atoms with E-state index >= 15 is 0 Å². The summed E-state index contributed by atoms with van der Waals surface area (Å²) in [5, 5.41) is 0.903. The number of rotatable bonds is 8. The predicted octanol–water partition coefficient (Wildman–Crippen LogP) is 4.87. The zero-order chi connectivity index (χ0) is 20.3. The van der Waals surface area contributed by atoms with Crippen LogP contribution in [0.5, 0.6) is 5.75 Å². The first-order chi connectivity index (χ1) is 14.0. The maximum Gasteiger partial charge on any atom is 0.166 e. The minimum absolute atomic E-state index is 0.155. The number of hydrogen-bond acceptors (Lipinski definition) is 6. The number of fused-ring (bicyclic) bond motifs is 1. The van der Waals surface area contributed by atoms with E-state index in [9.17, 15) is 0 Å². The first-order valence-electron chi connectivity index (χ1n) is 9.97. The number of benzene rings is 1. The molecule has 4 rings (SSSR count). The van der Waals surface area contributed by atoms with Crippen LogP contribution in [0.15, 0.2) is 41.7 Å². The van der Waals surface area contributed by atoms with Crippen molar-refractivity contribution < 1.29 is 14.2 Å². The summed E-state index contributed by atoms with van der Waals surface area (Å²) in [7, 11) is 0. The van der Waals surface area contributed by atoms with Gasteiger partial charge in [-0.15, -0.1) is 0 Å². The standard InChI is InChI=1S/C22H27N3O3S/c1-15-19(14-29-21-24-17-8-4-5-9-18(17)25-21)23-11-10-20(15)26-12-6-7-16-13-27-22(2,3)28-16/h4-5,8-11,16H,6-7,12-14H2,1-3H3,(H,24,25). The molecule has 1 aliphatic heterocycles. The Morgan fingerprint density at radius 3 is 2.93 bits per heavy atom. The lowest BCUT2D eigenvalue weighted by molar-refractivity contribution is -0.139. The maximum atomic E-state index is 6.02. The monoisotopic (exact) mass is 413 g/mol. The number of aromatic amines is 1. The SMILES string of the molecule is Cc1c(OCCCC2COC(C)(C)O2)ccnc1CSc1nc2ccccc2[nH]1. The van der Waals surface area contributed by atoms with E-state index in [1.54, 1.807) is 11.8 Å². The van der Waals surface area contributed by atoms with Crippen molar-refractivity contribution in [3.8, 4) is 5.75 Å². The molecule has 1 aromatic carbocycles. The molecule has 1 N–H and O–H groups in total. The Morgan fingerprint density at radius 2 is 2.14 bits per heavy atom. The number of H-pyrrole nitrogens is 1. The van der Waals surface area contributed by atoms with Gasteiger partial charge in [0.15, 0.2) is 10.9 Å². The van der Waals surface area contributed by atoms with Gasteiger partial charge in [-0.1, -0.05) is 23.9 Å². The van der Waals surface area contributed by atoms with Gasteiger partial charge in [0.25, 0.3) is 0 Å². The van der Waals surface area contributed by atoms with Gasteiger partial charge in [-0.2, -0.15) is 0 Å². The van der Waals surface area contributed by atoms with Gasteiger partial charge in [0.05, 0.1) is 36.0 Å². The Hall–Kier alpha value is -2.09. The van der Waals surface area contributed by atoms with Gasteiger partial charge in [0, 0.05) is 17.5 Å². The topological polar surface area (TPSA) is 69.3 Å². The van der Waals surface area contributed by atoms with E-state index < -0.39 is 5.79 Å². The summed E-state index contributed by atoms with van der Waals surface area (Å²) >= 11 is 1.65. The van der Waals surface area contributed by atoms with Gasteiger partial charge in [0.1, 0.15) is 5.75 Å². The van der Waals surface area contributed by atoms with Crippen molar-refractivity contribution >= 4 is 22.8 Å². The number of ether oxygens (including phenoxy) is 3. The lowest BCUT2D eigenvalue weighted by atomic mass is 10.2. The van der Waals surface area contributed by atoms with E-state index in [4.69, 9.17) is 14.2 Å². The predicted molar refractivity (Wildman–Crippen MR) is 114 cm³/mol. The second-order valence-electron chi connectivity index (χ2n) is 7.67. The fraction of sp³-hybridized carbons (Fsp3) is 0.455. The highest BCUT2D eigenvalue weighted by atomic mass is 32.2. The number of nitrogens with zero attached hydrogens (tertiary/aromatic N) is 2. The molecule has 0 amide bonds. The Labute approximate surface area is 175 Å². The van der Waals surface area contributed by atoms with Crippen LogP contribution < -0.4 is 4.74 Å². The fourth-order valence-electron chi connectivity index (χ4n) is 3.39. The van der Waals surface area contributed by atoms with Crippen molar-refractivity contribution in [3.05, 3.63) is 47.8 Å². The van der Waals surface area contributed by atoms with E-state index in [1.807, 2.05) is 50.4 Å². The molecule has 1 aliphatic rings. The Balaban J connectivity index is 1.29. The zero-order valence-corrected chi connectivity index (χ0v) is 17.9. The Kier molecular flexibility index (Phi) is 6.08. The minimum atomic E-state index is -0.459. The lowest BCUT2D eigenvalue weighted by Gasteiger charge is -2.17. The van der Waals surface area contributed by atoms with E-state index in [2.05, 4.69) is 21.9 Å². The average Bonchev–Trinajstić information content (AvgIpc) is 3.27. The van der Waals surface area contributed by atoms with Crippen molar-refractivity contribution in [2.24, 2.45) is 0 Å². The number of pyridine rings is 1. The van der Waals surface area contributed by atoms with Crippen LogP contribution in [0.4, 0.5) is 0 Å². The number of hydrogen-bond donors (Lipinski definition) is 1. The Bertz CT molecular complexity index is 940. The molecule has 1 unspecified atom stereocenters. The summed E-state index contributed by atoms with van der Waals surface area (Å²) in [5.74, 6) is 1.18. The van der Waals surface area contributed by atoms with Gasteiger partial charge in [0.2, 0.25) is 0 Å². The highest BCUT2D eigenvalue weighted by Gasteiger charge is 2.32. The molecule has 1 fully saturated rings. The van der Waals surface area contributed by atoms with Gasteiger partial charge >= 0.3 is 0 Å². The Morgan fingerprint density at radius 1 is 1.28 bits per heavy atom. The number of aromatic nitrogens is 3. The largest absolute Gasteiger partial charge is 0.493 e. The van der Waals surface area contributed by atoms with E-state index in [-0.39, 0.29) is 6.10 Å². The highest BCUT2D eigenvalue weighted by molar-refractivity contribution is 7.98. The lowest BCUT2D eigenvalue weighted by Crippen LogP contribution is -2.21. The smallest absolute Gasteiger partial charge is 0.166 e. The van der Waals surface area contributed by atoms with Crippen LogP contribution in [0.3, 0.4) is 0 Å². The second kappa shape index (κ2) is 8.73. The summed E-state index contributed by atoms with van der Waals surface area (Å²) in [6, 6.07) is 9.99. The maximum absolute atomic E-state index is 6.02. The van der Waals surface area contributed by atoms with Crippen molar-refractivity contribution in [3.63, 3.8) is 0 Å². The van der Waals surface area contributed by atoms with Crippen LogP contribution in [0.25, 0.3) is 11.0 Å². The number of thioether (sulfide) groups is 1. The van der Waals surface area contributed by atoms with Crippen LogP contribution in [0.2, 0.25) is 0 Å². The highest BCUT2D eigenvalue weighted by Crippen LogP contribution is 2.28. The average molecular weight is 414 g/mol. The molecule has 0 bridgehead atoms. The first kappa shape index (κ1) is 20.2. The van der Waals surface area contributed by atoms with Crippen molar-refractivity contribution in [1.82, 2.24) is 15.0 Å². The second-order valence-corrected chi connectivity index (χ2v) is 8.63. The first-order valence-corrected chi connectivity index (χ1v) is 11.0. The van der Waals surface area contributed by atoms with Gasteiger partial charge in [-0.3, -0.25) is 4.98 Å². The third kappa shape index (κ3) is 5.10. The van der Waals surface area contributed by atoms with E-state index in [0.717, 1.165) is 51.8 Å². The van der Waals surface area contributed by atoms with E-state index in [1.165, 1.54) is 0 Å². The molecule has 154 valence electrons. The van der Waals surface area contributed by atoms with Crippen molar-refractivity contribution in [2.75, 3.05) is 13.2 Å². The van der Waals surface area contributed by atoms with Crippen molar-refractivity contribution in [1.29, 1.82) is 0 Å². The van der Waals surface area contributed by atoms with Crippen LogP contribution >= 0.6 is 11.8 Å². The molecule has 0 radical (unpaired) electrons. The van der Waals surface area contributed by atoms with Crippen LogP contribution in [0.1, 0.15) is 37.9 Å². The molecule has 6 nitrogen and oxygen atoms in total. The molecule has 3 heterocycles. The van der Waals surface area contributed by atoms with Gasteiger partial charge in [-0.05, 0) is 51.8 Å². The van der Waals surface area contributed by atoms with Gasteiger partial charge in [-0.25, -0.2) is 4.98 Å². The molecular weight excluding hydrogens is 386 g/mol. The summed E-state index contributed by atoms with van der Waals surface area (Å²) in [4.78, 5) is 12.5. The number of para-hydroxylation sites is 2. The third-order valence-electron chi connectivity index (χ3n) is 4.97. The molecule has 7 heteroatoms. The minimum Gasteiger partial charge on any atom is -0.493 e. The molecule has 0 aliphatic carbocycles. The molecule has 0 saturated carbocycles. The molecule has 1 atom stereocenters. The van der Waals surface area contributed by atoms with Crippen LogP contribution in [0, 0.1) is 6.92 Å². The summed E-state index contributed by atoms with van der Waals surface area (Å²) in [6.45, 7) is 7.28. The summed E-state index contributed by atoms with van der Waals surface area (Å²) < 4.78 is 17.5. The number of imidazole rings is 1. The van der Waals surface area contributed by atoms with Crippen LogP contribution in [-0.2, 0) is 15.2 Å². The molecule has 3 aromatic rings. The summed E-state index contributed by atoms with van der Waals surface area (Å²) in [5.41, 5.74) is 4.13. The number of nitrogens with one attached hydrogen (secondary N) is 1. The van der Waals surface area contributed by atoms with Gasteiger partial charge < -0.3 is 19.2 Å². The molecular formula is C22H27N3O3S. The normalized spacial score (nSPS) is 18.4. The molecule has 1 saturated heterocycles. The van der Waals surface area contributed by atoms with E-state index in [0.29, 0.717) is 13.2 Å². The molecule has 29 heavy (non-hydrogen) atoms. The third-order valence-corrected chi connectivity index (χ3v) is 5.85. The quantitative estimate of drug-likeness (QED) is 0.420. The van der Waals surface area contributed by atoms with Crippen LogP contribution in [-0.4, -0.2) is 40.1 Å². The molecule has 0 spiro atoms. The zero-order valence-electron chi connectivity index (χ0n) is 17.1.